The highest BCUT2D eigenvalue weighted by molar-refractivity contribution is 7.09. The quantitative estimate of drug-likeness (QED) is 0.909. The van der Waals surface area contributed by atoms with Crippen molar-refractivity contribution in [1.82, 2.24) is 9.47 Å². The first kappa shape index (κ1) is 17.2. The number of likely N-dealkylation sites (tertiary alicyclic amines) is 1. The Hall–Kier alpha value is -0.850. The number of thiazole rings is 1. The lowest BCUT2D eigenvalue weighted by Gasteiger charge is -2.23. The van der Waals surface area contributed by atoms with Gasteiger partial charge < -0.3 is 15.2 Å². The molecule has 20 heavy (non-hydrogen) atoms. The van der Waals surface area contributed by atoms with E-state index in [9.17, 15) is 9.59 Å². The number of carbonyl (C=O) groups excluding carboxylic acids is 1. The average Bonchev–Trinajstić information content (AvgIpc) is 2.94. The van der Waals surface area contributed by atoms with Gasteiger partial charge in [0.25, 0.3) is 0 Å². The second-order valence-corrected chi connectivity index (χ2v) is 6.20. The lowest BCUT2D eigenvalue weighted by molar-refractivity contribution is -0.132. The molecule has 1 amide bonds. The molecule has 7 heteroatoms. The number of hydrogen-bond donors (Lipinski definition) is 1. The summed E-state index contributed by atoms with van der Waals surface area (Å²) in [6.45, 7) is 5.67. The minimum absolute atomic E-state index is 0. The Kier molecular flexibility index (Phi) is 6.23. The summed E-state index contributed by atoms with van der Waals surface area (Å²) in [6.07, 6.45) is 2.41. The Bertz CT molecular complexity index is 526. The van der Waals surface area contributed by atoms with Gasteiger partial charge >= 0.3 is 4.87 Å². The molecule has 1 atom stereocenters. The molecule has 0 bridgehead atoms. The number of nitrogens with zero attached hydrogens (tertiary/aromatic N) is 2. The Balaban J connectivity index is 0.00000200. The van der Waals surface area contributed by atoms with Gasteiger partial charge in [0.05, 0.1) is 0 Å². The molecule has 0 spiro atoms. The standard InChI is InChI=1S/C13H21N3O2S.ClH/c1-9-10(2)19-13(18)15(9)7-5-12(17)16-6-3-4-11(16)8-14;/h11H,3-8,14H2,1-2H3;1H. The minimum Gasteiger partial charge on any atom is -0.338 e. The van der Waals surface area contributed by atoms with E-state index in [1.54, 1.807) is 4.57 Å². The number of hydrogen-bond acceptors (Lipinski definition) is 4. The highest BCUT2D eigenvalue weighted by atomic mass is 35.5. The normalized spacial score (nSPS) is 18.1. The minimum atomic E-state index is 0. The van der Waals surface area contributed by atoms with Crippen LogP contribution in [0.25, 0.3) is 0 Å². The molecule has 1 fully saturated rings. The van der Waals surface area contributed by atoms with Crippen molar-refractivity contribution in [1.29, 1.82) is 0 Å². The molecule has 0 radical (unpaired) electrons. The maximum atomic E-state index is 12.2. The number of amides is 1. The van der Waals surface area contributed by atoms with E-state index >= 15 is 0 Å². The fraction of sp³-hybridized carbons (Fsp3) is 0.692. The predicted molar refractivity (Wildman–Crippen MR) is 83.7 cm³/mol. The molecular weight excluding hydrogens is 298 g/mol. The lowest BCUT2D eigenvalue weighted by atomic mass is 10.2. The Morgan fingerprint density at radius 3 is 2.70 bits per heavy atom. The maximum absolute atomic E-state index is 12.2. The molecule has 114 valence electrons. The van der Waals surface area contributed by atoms with Crippen LogP contribution in [0.15, 0.2) is 4.79 Å². The number of nitrogens with two attached hydrogens (primary N) is 1. The molecule has 5 nitrogen and oxygen atoms in total. The summed E-state index contributed by atoms with van der Waals surface area (Å²) >= 11 is 1.25. The molecule has 2 rings (SSSR count). The first-order valence-electron chi connectivity index (χ1n) is 6.71. The Labute approximate surface area is 129 Å². The molecule has 0 aliphatic carbocycles. The molecule has 2 N–H and O–H groups in total. The number of aromatic nitrogens is 1. The van der Waals surface area contributed by atoms with Crippen molar-refractivity contribution >= 4 is 29.7 Å². The Morgan fingerprint density at radius 1 is 1.45 bits per heavy atom. The van der Waals surface area contributed by atoms with Gasteiger partial charge in [-0.25, -0.2) is 0 Å². The molecule has 1 aliphatic rings. The van der Waals surface area contributed by atoms with Crippen LogP contribution in [-0.2, 0) is 11.3 Å². The molecule has 0 saturated carbocycles. The SMILES string of the molecule is Cc1sc(=O)n(CCC(=O)N2CCCC2CN)c1C.Cl. The number of carbonyl (C=O) groups is 1. The van der Waals surface area contributed by atoms with Crippen molar-refractivity contribution < 1.29 is 4.79 Å². The zero-order valence-corrected chi connectivity index (χ0v) is 13.6. The van der Waals surface area contributed by atoms with Crippen LogP contribution >= 0.6 is 23.7 Å². The zero-order valence-electron chi connectivity index (χ0n) is 11.9. The summed E-state index contributed by atoms with van der Waals surface area (Å²) in [7, 11) is 0. The van der Waals surface area contributed by atoms with Crippen molar-refractivity contribution in [2.45, 2.75) is 45.7 Å². The highest BCUT2D eigenvalue weighted by Gasteiger charge is 2.27. The molecule has 1 unspecified atom stereocenters. The van der Waals surface area contributed by atoms with Crippen LogP contribution in [0.1, 0.15) is 29.8 Å². The molecular formula is C13H22ClN3O2S. The van der Waals surface area contributed by atoms with E-state index in [2.05, 4.69) is 0 Å². The average molecular weight is 320 g/mol. The summed E-state index contributed by atoms with van der Waals surface area (Å²) in [5, 5.41) is 0. The lowest BCUT2D eigenvalue weighted by Crippen LogP contribution is -2.40. The second kappa shape index (κ2) is 7.24. The summed E-state index contributed by atoms with van der Waals surface area (Å²) in [5.41, 5.74) is 6.65. The second-order valence-electron chi connectivity index (χ2n) is 5.03. The van der Waals surface area contributed by atoms with Gasteiger partial charge in [-0.1, -0.05) is 11.3 Å². The van der Waals surface area contributed by atoms with Gasteiger partial charge in [0.15, 0.2) is 0 Å². The van der Waals surface area contributed by atoms with E-state index in [1.807, 2.05) is 18.7 Å². The summed E-state index contributed by atoms with van der Waals surface area (Å²) in [4.78, 5) is 26.9. The van der Waals surface area contributed by atoms with Crippen LogP contribution in [0.5, 0.6) is 0 Å². The summed E-state index contributed by atoms with van der Waals surface area (Å²) < 4.78 is 1.70. The third-order valence-corrected chi connectivity index (χ3v) is 4.89. The number of aryl methyl sites for hydroxylation is 1. The third-order valence-electron chi connectivity index (χ3n) is 3.89. The molecule has 2 heterocycles. The van der Waals surface area contributed by atoms with E-state index < -0.39 is 0 Å². The summed E-state index contributed by atoms with van der Waals surface area (Å²) in [5.74, 6) is 0.114. The van der Waals surface area contributed by atoms with E-state index in [4.69, 9.17) is 5.73 Å². The van der Waals surface area contributed by atoms with Crippen molar-refractivity contribution in [3.63, 3.8) is 0 Å². The molecule has 1 saturated heterocycles. The van der Waals surface area contributed by atoms with Gasteiger partial charge in [-0.05, 0) is 26.7 Å². The molecule has 0 aromatic carbocycles. The molecule has 1 aromatic heterocycles. The fourth-order valence-electron chi connectivity index (χ4n) is 2.61. The molecule has 1 aliphatic heterocycles. The van der Waals surface area contributed by atoms with Crippen molar-refractivity contribution in [2.75, 3.05) is 13.1 Å². The predicted octanol–water partition coefficient (Wildman–Crippen LogP) is 1.29. The Morgan fingerprint density at radius 2 is 2.15 bits per heavy atom. The number of rotatable bonds is 4. The zero-order chi connectivity index (χ0) is 14.0. The van der Waals surface area contributed by atoms with Crippen LogP contribution in [0.3, 0.4) is 0 Å². The maximum Gasteiger partial charge on any atom is 0.307 e. The molecule has 1 aromatic rings. The summed E-state index contributed by atoms with van der Waals surface area (Å²) in [6, 6.07) is 0.189. The van der Waals surface area contributed by atoms with E-state index in [0.717, 1.165) is 30.0 Å². The highest BCUT2D eigenvalue weighted by Crippen LogP contribution is 2.17. The van der Waals surface area contributed by atoms with E-state index in [0.29, 0.717) is 19.5 Å². The van der Waals surface area contributed by atoms with Gasteiger partial charge in [0.2, 0.25) is 5.91 Å². The largest absolute Gasteiger partial charge is 0.338 e. The van der Waals surface area contributed by atoms with Gasteiger partial charge in [0.1, 0.15) is 0 Å². The van der Waals surface area contributed by atoms with Gasteiger partial charge in [-0.15, -0.1) is 12.4 Å². The van der Waals surface area contributed by atoms with Crippen LogP contribution in [0, 0.1) is 13.8 Å². The van der Waals surface area contributed by atoms with Crippen molar-refractivity contribution in [2.24, 2.45) is 5.73 Å². The first-order valence-corrected chi connectivity index (χ1v) is 7.52. The van der Waals surface area contributed by atoms with Crippen LogP contribution in [-0.4, -0.2) is 34.5 Å². The smallest absolute Gasteiger partial charge is 0.307 e. The monoisotopic (exact) mass is 319 g/mol. The van der Waals surface area contributed by atoms with Crippen LogP contribution in [0.4, 0.5) is 0 Å². The topological polar surface area (TPSA) is 68.3 Å². The van der Waals surface area contributed by atoms with Gasteiger partial charge in [-0.3, -0.25) is 9.59 Å². The van der Waals surface area contributed by atoms with E-state index in [1.165, 1.54) is 11.3 Å². The number of halogens is 1. The van der Waals surface area contributed by atoms with E-state index in [-0.39, 0.29) is 29.2 Å². The van der Waals surface area contributed by atoms with Crippen LogP contribution in [0.2, 0.25) is 0 Å². The van der Waals surface area contributed by atoms with Gasteiger partial charge in [-0.2, -0.15) is 0 Å². The van der Waals surface area contributed by atoms with Crippen molar-refractivity contribution in [3.05, 3.63) is 20.2 Å². The van der Waals surface area contributed by atoms with Crippen molar-refractivity contribution in [3.8, 4) is 0 Å². The third kappa shape index (κ3) is 3.42. The van der Waals surface area contributed by atoms with Crippen LogP contribution < -0.4 is 10.6 Å². The fourth-order valence-corrected chi connectivity index (χ4v) is 3.46. The van der Waals surface area contributed by atoms with Gasteiger partial charge in [0, 0.05) is 42.7 Å². The first-order chi connectivity index (χ1) is 9.04.